The molecule has 4 aromatic rings. The molecular weight excluding hydrogens is 463 g/mol. The van der Waals surface area contributed by atoms with Gasteiger partial charge in [-0.3, -0.25) is 14.5 Å². The summed E-state index contributed by atoms with van der Waals surface area (Å²) in [5.74, 6) is -0.114. The van der Waals surface area contributed by atoms with Crippen LogP contribution in [0, 0.1) is 0 Å². The second kappa shape index (κ2) is 8.56. The summed E-state index contributed by atoms with van der Waals surface area (Å²) in [5, 5.41) is 18.3. The van der Waals surface area contributed by atoms with Gasteiger partial charge in [0.25, 0.3) is 5.91 Å². The average Bonchev–Trinajstić information content (AvgIpc) is 3.33. The lowest BCUT2D eigenvalue weighted by molar-refractivity contribution is -0.137. The Balaban J connectivity index is 1.44. The van der Waals surface area contributed by atoms with Gasteiger partial charge in [0.15, 0.2) is 0 Å². The van der Waals surface area contributed by atoms with E-state index < -0.39 is 17.6 Å². The first-order valence-electron chi connectivity index (χ1n) is 10.9. The monoisotopic (exact) mass is 483 g/mol. The summed E-state index contributed by atoms with van der Waals surface area (Å²) >= 11 is 0. The molecule has 180 valence electrons. The molecule has 0 aromatic carbocycles. The number of amides is 1. The van der Waals surface area contributed by atoms with Gasteiger partial charge in [-0.2, -0.15) is 18.3 Å². The molecule has 35 heavy (non-hydrogen) atoms. The Morgan fingerprint density at radius 3 is 2.71 bits per heavy atom. The molecule has 1 aliphatic rings. The second-order valence-corrected chi connectivity index (χ2v) is 8.46. The number of anilines is 1. The summed E-state index contributed by atoms with van der Waals surface area (Å²) in [6.07, 6.45) is 0.830. The maximum atomic E-state index is 13.7. The fraction of sp³-hybridized carbons (Fsp3) is 0.318. The van der Waals surface area contributed by atoms with Crippen molar-refractivity contribution in [1.29, 1.82) is 0 Å². The molecule has 1 amide bonds. The number of rotatable bonds is 6. The van der Waals surface area contributed by atoms with Gasteiger partial charge in [0.05, 0.1) is 23.8 Å². The molecule has 0 aliphatic heterocycles. The van der Waals surface area contributed by atoms with E-state index in [1.165, 1.54) is 6.20 Å². The summed E-state index contributed by atoms with van der Waals surface area (Å²) in [5.41, 5.74) is -0.602. The van der Waals surface area contributed by atoms with Crippen molar-refractivity contribution in [3.05, 3.63) is 54.1 Å². The van der Waals surface area contributed by atoms with Crippen molar-refractivity contribution < 1.29 is 18.0 Å². The Kier molecular flexibility index (Phi) is 5.53. The van der Waals surface area contributed by atoms with Gasteiger partial charge in [0.1, 0.15) is 17.2 Å². The summed E-state index contributed by atoms with van der Waals surface area (Å²) in [4.78, 5) is 21.0. The van der Waals surface area contributed by atoms with Gasteiger partial charge in [0.2, 0.25) is 5.82 Å². The first-order chi connectivity index (χ1) is 16.7. The summed E-state index contributed by atoms with van der Waals surface area (Å²) in [6.45, 7) is 3.82. The fourth-order valence-corrected chi connectivity index (χ4v) is 3.58. The minimum atomic E-state index is -4.64. The molecule has 4 aromatic heterocycles. The van der Waals surface area contributed by atoms with Crippen LogP contribution in [0.4, 0.5) is 19.0 Å². The van der Waals surface area contributed by atoms with Crippen molar-refractivity contribution in [2.24, 2.45) is 0 Å². The van der Waals surface area contributed by atoms with Gasteiger partial charge in [0, 0.05) is 23.5 Å². The highest BCUT2D eigenvalue weighted by Gasteiger charge is 2.35. The lowest BCUT2D eigenvalue weighted by atomic mass is 10.0. The third-order valence-electron chi connectivity index (χ3n) is 5.48. The summed E-state index contributed by atoms with van der Waals surface area (Å²) in [6, 6.07) is 6.21. The summed E-state index contributed by atoms with van der Waals surface area (Å²) in [7, 11) is 0. The lowest BCUT2D eigenvalue weighted by Crippen LogP contribution is -2.17. The minimum absolute atomic E-state index is 0.0147. The number of halogens is 3. The summed E-state index contributed by atoms with van der Waals surface area (Å²) < 4.78 is 44.2. The molecule has 0 unspecified atom stereocenters. The van der Waals surface area contributed by atoms with Gasteiger partial charge in [-0.05, 0) is 55.3 Å². The van der Waals surface area contributed by atoms with Gasteiger partial charge >= 0.3 is 6.18 Å². The Labute approximate surface area is 197 Å². The topological polar surface area (TPSA) is 116 Å². The van der Waals surface area contributed by atoms with E-state index in [1.807, 2.05) is 13.8 Å². The van der Waals surface area contributed by atoms with Crippen LogP contribution in [0.2, 0.25) is 0 Å². The number of carbonyl (C=O) groups excluding carboxylic acids is 1. The third-order valence-corrected chi connectivity index (χ3v) is 5.48. The van der Waals surface area contributed by atoms with E-state index in [0.717, 1.165) is 18.9 Å². The number of hydrogen-bond donors (Lipinski definition) is 1. The highest BCUT2D eigenvalue weighted by Crippen LogP contribution is 2.39. The molecule has 0 radical (unpaired) electrons. The predicted octanol–water partition coefficient (Wildman–Crippen LogP) is 4.18. The van der Waals surface area contributed by atoms with Gasteiger partial charge in [-0.1, -0.05) is 6.07 Å². The van der Waals surface area contributed by atoms with Crippen molar-refractivity contribution in [3.8, 4) is 22.6 Å². The van der Waals surface area contributed by atoms with Crippen LogP contribution in [0.25, 0.3) is 22.6 Å². The van der Waals surface area contributed by atoms with Crippen LogP contribution < -0.4 is 5.32 Å². The second-order valence-electron chi connectivity index (χ2n) is 8.46. The molecule has 0 atom stereocenters. The highest BCUT2D eigenvalue weighted by atomic mass is 19.4. The quantitative estimate of drug-likeness (QED) is 0.437. The molecule has 1 fully saturated rings. The van der Waals surface area contributed by atoms with Crippen LogP contribution >= 0.6 is 0 Å². The molecule has 1 N–H and O–H groups in total. The Hall–Kier alpha value is -4.16. The molecule has 4 heterocycles. The van der Waals surface area contributed by atoms with Crippen LogP contribution in [0.5, 0.6) is 0 Å². The molecule has 0 spiro atoms. The Morgan fingerprint density at radius 1 is 1.20 bits per heavy atom. The maximum absolute atomic E-state index is 13.7. The number of aromatic nitrogens is 8. The molecule has 1 saturated carbocycles. The van der Waals surface area contributed by atoms with Crippen LogP contribution in [-0.2, 0) is 6.18 Å². The molecule has 5 rings (SSSR count). The molecular formula is C22H20F3N9O. The van der Waals surface area contributed by atoms with Gasteiger partial charge in [-0.15, -0.1) is 5.10 Å². The van der Waals surface area contributed by atoms with E-state index in [2.05, 4.69) is 35.9 Å². The zero-order valence-corrected chi connectivity index (χ0v) is 18.7. The minimum Gasteiger partial charge on any atom is -0.305 e. The zero-order valence-electron chi connectivity index (χ0n) is 18.7. The third kappa shape index (κ3) is 4.61. The fourth-order valence-electron chi connectivity index (χ4n) is 3.58. The van der Waals surface area contributed by atoms with Gasteiger partial charge in [-0.25, -0.2) is 9.67 Å². The van der Waals surface area contributed by atoms with Crippen molar-refractivity contribution in [2.75, 3.05) is 5.32 Å². The number of alkyl halides is 3. The van der Waals surface area contributed by atoms with Crippen LogP contribution in [0.15, 0.2) is 42.9 Å². The van der Waals surface area contributed by atoms with Gasteiger partial charge < -0.3 is 5.32 Å². The number of carbonyl (C=O) groups is 1. The van der Waals surface area contributed by atoms with E-state index in [4.69, 9.17) is 0 Å². The molecule has 13 heteroatoms. The standard InChI is InChI=1S/C22H20F3N9O/c1-12(2)34-20(30-31-32-34)17-4-3-5-19(28-17)29-21(35)18-8-15(16(10-26-18)22(23,24)25)13-9-27-33(11-13)14-6-7-14/h3-5,8-12,14H,6-7H2,1-2H3,(H,28,29,35). The van der Waals surface area contributed by atoms with Crippen molar-refractivity contribution in [1.82, 2.24) is 40.0 Å². The normalized spacial score (nSPS) is 13.9. The van der Waals surface area contributed by atoms with Crippen molar-refractivity contribution >= 4 is 11.7 Å². The number of nitrogens with zero attached hydrogens (tertiary/aromatic N) is 8. The molecule has 0 bridgehead atoms. The predicted molar refractivity (Wildman–Crippen MR) is 118 cm³/mol. The highest BCUT2D eigenvalue weighted by molar-refractivity contribution is 6.03. The van der Waals surface area contributed by atoms with E-state index in [0.29, 0.717) is 17.7 Å². The number of nitrogens with one attached hydrogen (secondary N) is 1. The van der Waals surface area contributed by atoms with Crippen molar-refractivity contribution in [3.63, 3.8) is 0 Å². The average molecular weight is 483 g/mol. The maximum Gasteiger partial charge on any atom is 0.418 e. The zero-order chi connectivity index (χ0) is 24.7. The smallest absolute Gasteiger partial charge is 0.305 e. The molecule has 1 aliphatic carbocycles. The largest absolute Gasteiger partial charge is 0.418 e. The Morgan fingerprint density at radius 2 is 2.00 bits per heavy atom. The van der Waals surface area contributed by atoms with Crippen LogP contribution in [0.3, 0.4) is 0 Å². The lowest BCUT2D eigenvalue weighted by Gasteiger charge is -2.13. The number of pyridine rings is 2. The first kappa shape index (κ1) is 22.6. The van der Waals surface area contributed by atoms with E-state index in [-0.39, 0.29) is 34.7 Å². The SMILES string of the molecule is CC(C)n1nnnc1-c1cccc(NC(=O)c2cc(-c3cnn(C4CC4)c3)c(C(F)(F)F)cn2)n1. The number of hydrogen-bond acceptors (Lipinski definition) is 7. The molecule has 0 saturated heterocycles. The van der Waals surface area contributed by atoms with E-state index >= 15 is 0 Å². The van der Waals surface area contributed by atoms with E-state index in [9.17, 15) is 18.0 Å². The van der Waals surface area contributed by atoms with Crippen LogP contribution in [-0.4, -0.2) is 45.9 Å². The van der Waals surface area contributed by atoms with Crippen LogP contribution in [0.1, 0.15) is 54.8 Å². The molecule has 10 nitrogen and oxygen atoms in total. The Bertz CT molecular complexity index is 1390. The number of tetrazole rings is 1. The van der Waals surface area contributed by atoms with E-state index in [1.54, 1.807) is 33.8 Å². The van der Waals surface area contributed by atoms with Crippen molar-refractivity contribution in [2.45, 2.75) is 44.9 Å². The first-order valence-corrected chi connectivity index (χ1v) is 10.9.